The molecule has 4 rings (SSSR count). The van der Waals surface area contributed by atoms with E-state index < -0.39 is 0 Å². The number of piperazine rings is 1. The fourth-order valence-corrected chi connectivity index (χ4v) is 3.24. The van der Waals surface area contributed by atoms with Gasteiger partial charge in [0, 0.05) is 25.8 Å². The van der Waals surface area contributed by atoms with E-state index in [1.54, 1.807) is 19.4 Å². The topological polar surface area (TPSA) is 71.2 Å². The van der Waals surface area contributed by atoms with Crippen LogP contribution in [0.15, 0.2) is 47.4 Å². The monoisotopic (exact) mass is 336 g/mol. The SMILES string of the molecule is Cc1noc(-c2cncnc2N2CCN(C)CC2c2ccccc2)n1. The minimum atomic E-state index is 0.206. The predicted octanol–water partition coefficient (Wildman–Crippen LogP) is 2.33. The van der Waals surface area contributed by atoms with Gasteiger partial charge in [0.25, 0.3) is 5.89 Å². The second-order valence-electron chi connectivity index (χ2n) is 6.29. The number of aromatic nitrogens is 4. The van der Waals surface area contributed by atoms with Gasteiger partial charge in [-0.25, -0.2) is 9.97 Å². The van der Waals surface area contributed by atoms with Crippen LogP contribution in [0.5, 0.6) is 0 Å². The fourth-order valence-electron chi connectivity index (χ4n) is 3.24. The summed E-state index contributed by atoms with van der Waals surface area (Å²) in [4.78, 5) is 17.7. The first-order chi connectivity index (χ1) is 12.2. The van der Waals surface area contributed by atoms with Crippen molar-refractivity contribution in [2.45, 2.75) is 13.0 Å². The van der Waals surface area contributed by atoms with E-state index in [1.165, 1.54) is 5.56 Å². The van der Waals surface area contributed by atoms with E-state index >= 15 is 0 Å². The number of hydrogen-bond donors (Lipinski definition) is 0. The molecule has 1 atom stereocenters. The lowest BCUT2D eigenvalue weighted by atomic mass is 10.0. The molecule has 1 aromatic carbocycles. The van der Waals surface area contributed by atoms with Crippen LogP contribution < -0.4 is 4.90 Å². The quantitative estimate of drug-likeness (QED) is 0.727. The first-order valence-electron chi connectivity index (χ1n) is 8.33. The van der Waals surface area contributed by atoms with Crippen LogP contribution in [0.4, 0.5) is 5.82 Å². The highest BCUT2D eigenvalue weighted by molar-refractivity contribution is 5.69. The maximum atomic E-state index is 5.37. The lowest BCUT2D eigenvalue weighted by Gasteiger charge is -2.41. The maximum absolute atomic E-state index is 5.37. The number of nitrogens with zero attached hydrogens (tertiary/aromatic N) is 6. The van der Waals surface area contributed by atoms with Gasteiger partial charge in [0.15, 0.2) is 5.82 Å². The van der Waals surface area contributed by atoms with Gasteiger partial charge in [-0.2, -0.15) is 4.98 Å². The van der Waals surface area contributed by atoms with E-state index in [2.05, 4.69) is 61.2 Å². The van der Waals surface area contributed by atoms with Crippen molar-refractivity contribution in [1.29, 1.82) is 0 Å². The largest absolute Gasteiger partial charge is 0.346 e. The van der Waals surface area contributed by atoms with Gasteiger partial charge in [-0.1, -0.05) is 35.5 Å². The Labute approximate surface area is 146 Å². The van der Waals surface area contributed by atoms with E-state index in [1.807, 2.05) is 6.07 Å². The molecule has 128 valence electrons. The van der Waals surface area contributed by atoms with E-state index in [9.17, 15) is 0 Å². The van der Waals surface area contributed by atoms with Crippen molar-refractivity contribution in [2.24, 2.45) is 0 Å². The third-order valence-electron chi connectivity index (χ3n) is 4.49. The Balaban J connectivity index is 1.77. The van der Waals surface area contributed by atoms with Gasteiger partial charge in [-0.3, -0.25) is 0 Å². The van der Waals surface area contributed by atoms with Crippen LogP contribution in [-0.4, -0.2) is 51.7 Å². The minimum absolute atomic E-state index is 0.206. The minimum Gasteiger partial charge on any atom is -0.346 e. The van der Waals surface area contributed by atoms with Crippen molar-refractivity contribution in [1.82, 2.24) is 25.0 Å². The van der Waals surface area contributed by atoms with Crippen LogP contribution in [0.2, 0.25) is 0 Å². The Kier molecular flexibility index (Phi) is 4.15. The highest BCUT2D eigenvalue weighted by Gasteiger charge is 2.30. The highest BCUT2D eigenvalue weighted by atomic mass is 16.5. The Morgan fingerprint density at radius 2 is 2.00 bits per heavy atom. The van der Waals surface area contributed by atoms with Crippen molar-refractivity contribution in [2.75, 3.05) is 31.6 Å². The first-order valence-corrected chi connectivity index (χ1v) is 8.33. The molecule has 7 heteroatoms. The molecule has 3 aromatic rings. The molecule has 0 N–H and O–H groups in total. The molecule has 2 aromatic heterocycles. The van der Waals surface area contributed by atoms with Crippen LogP contribution in [-0.2, 0) is 0 Å². The normalized spacial score (nSPS) is 18.5. The summed E-state index contributed by atoms with van der Waals surface area (Å²) in [6.45, 7) is 4.57. The smallest absolute Gasteiger partial charge is 0.263 e. The second-order valence-corrected chi connectivity index (χ2v) is 6.29. The van der Waals surface area contributed by atoms with Gasteiger partial charge < -0.3 is 14.3 Å². The fraction of sp³-hybridized carbons (Fsp3) is 0.333. The zero-order chi connectivity index (χ0) is 17.2. The van der Waals surface area contributed by atoms with Crippen molar-refractivity contribution in [3.63, 3.8) is 0 Å². The Morgan fingerprint density at radius 1 is 1.16 bits per heavy atom. The van der Waals surface area contributed by atoms with Crippen molar-refractivity contribution in [3.05, 3.63) is 54.2 Å². The molecule has 0 aliphatic carbocycles. The van der Waals surface area contributed by atoms with Gasteiger partial charge in [-0.15, -0.1) is 0 Å². The van der Waals surface area contributed by atoms with Crippen LogP contribution >= 0.6 is 0 Å². The van der Waals surface area contributed by atoms with Crippen LogP contribution in [0.1, 0.15) is 17.4 Å². The molecule has 0 saturated carbocycles. The number of rotatable bonds is 3. The number of likely N-dealkylation sites (N-methyl/N-ethyl adjacent to an activating group) is 1. The maximum Gasteiger partial charge on any atom is 0.263 e. The van der Waals surface area contributed by atoms with Crippen LogP contribution in [0, 0.1) is 6.92 Å². The van der Waals surface area contributed by atoms with Gasteiger partial charge in [0.05, 0.1) is 6.04 Å². The highest BCUT2D eigenvalue weighted by Crippen LogP contribution is 2.34. The van der Waals surface area contributed by atoms with Gasteiger partial charge in [0.2, 0.25) is 0 Å². The summed E-state index contributed by atoms with van der Waals surface area (Å²) in [5.41, 5.74) is 2.04. The summed E-state index contributed by atoms with van der Waals surface area (Å²) >= 11 is 0. The summed E-state index contributed by atoms with van der Waals surface area (Å²) in [6.07, 6.45) is 3.32. The molecule has 1 aliphatic heterocycles. The molecule has 7 nitrogen and oxygen atoms in total. The summed E-state index contributed by atoms with van der Waals surface area (Å²) in [7, 11) is 2.15. The molecule has 0 bridgehead atoms. The Hall–Kier alpha value is -2.80. The van der Waals surface area contributed by atoms with Crippen molar-refractivity contribution >= 4 is 5.82 Å². The van der Waals surface area contributed by atoms with E-state index in [0.717, 1.165) is 31.0 Å². The molecule has 1 unspecified atom stereocenters. The van der Waals surface area contributed by atoms with Crippen LogP contribution in [0.25, 0.3) is 11.5 Å². The van der Waals surface area contributed by atoms with Crippen molar-refractivity contribution in [3.8, 4) is 11.5 Å². The molecular formula is C18H20N6O. The predicted molar refractivity (Wildman–Crippen MR) is 94.1 cm³/mol. The summed E-state index contributed by atoms with van der Waals surface area (Å²) in [6, 6.07) is 10.7. The zero-order valence-electron chi connectivity index (χ0n) is 14.3. The number of anilines is 1. The summed E-state index contributed by atoms with van der Waals surface area (Å²) in [5.74, 6) is 1.89. The third kappa shape index (κ3) is 3.10. The molecule has 1 fully saturated rings. The standard InChI is InChI=1S/C18H20N6O/c1-13-21-18(25-22-13)15-10-19-12-20-17(15)24-9-8-23(2)11-16(24)14-6-4-3-5-7-14/h3-7,10,12,16H,8-9,11H2,1-2H3. The Bertz CT molecular complexity index is 850. The summed E-state index contributed by atoms with van der Waals surface area (Å²) < 4.78 is 5.37. The number of aryl methyl sites for hydroxylation is 1. The van der Waals surface area contributed by atoms with Gasteiger partial charge in [-0.05, 0) is 19.5 Å². The first kappa shape index (κ1) is 15.7. The molecule has 0 amide bonds. The molecule has 25 heavy (non-hydrogen) atoms. The zero-order valence-corrected chi connectivity index (χ0v) is 14.3. The number of benzene rings is 1. The lowest BCUT2D eigenvalue weighted by Crippen LogP contribution is -2.47. The molecule has 1 aliphatic rings. The van der Waals surface area contributed by atoms with E-state index in [-0.39, 0.29) is 6.04 Å². The van der Waals surface area contributed by atoms with E-state index in [0.29, 0.717) is 11.7 Å². The molecule has 3 heterocycles. The Morgan fingerprint density at radius 3 is 2.76 bits per heavy atom. The van der Waals surface area contributed by atoms with E-state index in [4.69, 9.17) is 4.52 Å². The van der Waals surface area contributed by atoms with Crippen molar-refractivity contribution < 1.29 is 4.52 Å². The molecule has 1 saturated heterocycles. The van der Waals surface area contributed by atoms with Crippen LogP contribution in [0.3, 0.4) is 0 Å². The van der Waals surface area contributed by atoms with Gasteiger partial charge >= 0.3 is 0 Å². The van der Waals surface area contributed by atoms with Gasteiger partial charge in [0.1, 0.15) is 17.7 Å². The molecule has 0 spiro atoms. The average Bonchev–Trinajstić information content (AvgIpc) is 3.09. The molecule has 0 radical (unpaired) electrons. The third-order valence-corrected chi connectivity index (χ3v) is 4.49. The number of hydrogen-bond acceptors (Lipinski definition) is 7. The second kappa shape index (κ2) is 6.60. The average molecular weight is 336 g/mol. The lowest BCUT2D eigenvalue weighted by molar-refractivity contribution is 0.268. The summed E-state index contributed by atoms with van der Waals surface area (Å²) in [5, 5.41) is 3.90. The molecular weight excluding hydrogens is 316 g/mol.